The number of hydrogen-bond donors (Lipinski definition) is 0. The number of carbonyl (C=O) groups is 2. The van der Waals surface area contributed by atoms with Crippen LogP contribution in [0.4, 0.5) is 0 Å². The number of esters is 1. The van der Waals surface area contributed by atoms with Crippen LogP contribution in [0.2, 0.25) is 0 Å². The van der Waals surface area contributed by atoms with Crippen molar-refractivity contribution in [1.29, 1.82) is 0 Å². The van der Waals surface area contributed by atoms with Gasteiger partial charge in [-0.2, -0.15) is 0 Å². The molecule has 0 aromatic rings. The molecule has 3 heteroatoms. The number of rotatable bonds is 0. The second-order valence-corrected chi connectivity index (χ2v) is 11.5. The Morgan fingerprint density at radius 3 is 2.67 bits per heavy atom. The van der Waals surface area contributed by atoms with Crippen LogP contribution in [0.3, 0.4) is 0 Å². The zero-order valence-electron chi connectivity index (χ0n) is 16.6. The molecule has 7 rings (SSSR count). The summed E-state index contributed by atoms with van der Waals surface area (Å²) in [4.78, 5) is 24.3. The van der Waals surface area contributed by atoms with Crippen molar-refractivity contribution in [2.45, 2.75) is 77.2 Å². The number of fused-ring (bicyclic) bond motifs is 11. The first-order chi connectivity index (χ1) is 12.9. The van der Waals surface area contributed by atoms with Crippen molar-refractivity contribution in [3.8, 4) is 0 Å². The van der Waals surface area contributed by atoms with E-state index in [0.717, 1.165) is 55.3 Å². The lowest BCUT2D eigenvalue weighted by atomic mass is 9.45. The van der Waals surface area contributed by atoms with Gasteiger partial charge in [0.1, 0.15) is 11.4 Å². The molecule has 9 atom stereocenters. The Morgan fingerprint density at radius 2 is 1.89 bits per heavy atom. The highest BCUT2D eigenvalue weighted by molar-refractivity contribution is 5.83. The van der Waals surface area contributed by atoms with Crippen LogP contribution < -0.4 is 0 Å². The summed E-state index contributed by atoms with van der Waals surface area (Å²) in [6.07, 6.45) is 9.28. The van der Waals surface area contributed by atoms with Gasteiger partial charge in [-0.1, -0.05) is 25.0 Å². The van der Waals surface area contributed by atoms with E-state index in [2.05, 4.69) is 13.8 Å². The largest absolute Gasteiger partial charge is 0.458 e. The van der Waals surface area contributed by atoms with Crippen molar-refractivity contribution in [1.82, 2.24) is 0 Å². The molecule has 0 aromatic carbocycles. The Hall–Kier alpha value is -1.12. The van der Waals surface area contributed by atoms with Gasteiger partial charge in [-0.25, -0.2) is 0 Å². The lowest BCUT2D eigenvalue weighted by Crippen LogP contribution is -2.57. The minimum Gasteiger partial charge on any atom is -0.458 e. The highest BCUT2D eigenvalue weighted by atomic mass is 16.6. The van der Waals surface area contributed by atoms with Gasteiger partial charge in [0.2, 0.25) is 0 Å². The average molecular weight is 367 g/mol. The van der Waals surface area contributed by atoms with Crippen molar-refractivity contribution < 1.29 is 14.3 Å². The zero-order valence-corrected chi connectivity index (χ0v) is 16.6. The predicted octanol–water partition coefficient (Wildman–Crippen LogP) is 4.45. The van der Waals surface area contributed by atoms with Crippen LogP contribution in [-0.2, 0) is 14.3 Å². The van der Waals surface area contributed by atoms with Crippen molar-refractivity contribution in [3.05, 3.63) is 11.1 Å². The third-order valence-corrected chi connectivity index (χ3v) is 10.8. The number of allylic oxidation sites excluding steroid dienone is 2. The van der Waals surface area contributed by atoms with Crippen LogP contribution in [0.25, 0.3) is 0 Å². The number of ketones is 1. The average Bonchev–Trinajstić information content (AvgIpc) is 3.53. The van der Waals surface area contributed by atoms with E-state index in [1.165, 1.54) is 25.7 Å². The molecule has 27 heavy (non-hydrogen) atoms. The smallest absolute Gasteiger partial charge is 0.306 e. The van der Waals surface area contributed by atoms with Gasteiger partial charge < -0.3 is 4.74 Å². The van der Waals surface area contributed by atoms with Crippen LogP contribution in [-0.4, -0.2) is 17.4 Å². The van der Waals surface area contributed by atoms with Crippen LogP contribution in [0.5, 0.6) is 0 Å². The van der Waals surface area contributed by atoms with Gasteiger partial charge in [0, 0.05) is 30.6 Å². The molecule has 144 valence electrons. The number of Topliss-reactive ketones (excluding diaryl/α,β-unsaturated/α-hetero) is 1. The molecule has 3 unspecified atom stereocenters. The fraction of sp³-hybridized carbons (Fsp3) is 0.833. The summed E-state index contributed by atoms with van der Waals surface area (Å²) >= 11 is 0. The van der Waals surface area contributed by atoms with Gasteiger partial charge >= 0.3 is 5.97 Å². The first kappa shape index (κ1) is 15.8. The van der Waals surface area contributed by atoms with Crippen LogP contribution >= 0.6 is 0 Å². The van der Waals surface area contributed by atoms with E-state index in [9.17, 15) is 9.59 Å². The monoisotopic (exact) mass is 366 g/mol. The summed E-state index contributed by atoms with van der Waals surface area (Å²) < 4.78 is 6.22. The second-order valence-electron chi connectivity index (χ2n) is 11.5. The van der Waals surface area contributed by atoms with E-state index in [-0.39, 0.29) is 22.4 Å². The van der Waals surface area contributed by atoms with Crippen molar-refractivity contribution >= 4 is 11.8 Å². The van der Waals surface area contributed by atoms with Gasteiger partial charge in [0.25, 0.3) is 0 Å². The highest BCUT2D eigenvalue weighted by Gasteiger charge is 2.80. The normalized spacial score (nSPS) is 59.6. The first-order valence-electron chi connectivity index (χ1n) is 11.3. The topological polar surface area (TPSA) is 43.4 Å². The molecule has 0 aromatic heterocycles. The van der Waals surface area contributed by atoms with Crippen molar-refractivity contribution in [2.24, 2.45) is 46.3 Å². The minimum atomic E-state index is -0.132. The Morgan fingerprint density at radius 1 is 1.04 bits per heavy atom. The Bertz CT molecular complexity index is 841. The molecular weight excluding hydrogens is 336 g/mol. The third kappa shape index (κ3) is 1.58. The molecule has 1 aliphatic heterocycles. The number of hydrogen-bond acceptors (Lipinski definition) is 3. The lowest BCUT2D eigenvalue weighted by Gasteiger charge is -2.59. The maximum atomic E-state index is 12.2. The van der Waals surface area contributed by atoms with Gasteiger partial charge in [-0.15, -0.1) is 0 Å². The summed E-state index contributed by atoms with van der Waals surface area (Å²) in [6, 6.07) is 0. The summed E-state index contributed by atoms with van der Waals surface area (Å²) in [5, 5.41) is 0. The molecule has 6 fully saturated rings. The molecule has 0 radical (unpaired) electrons. The zero-order chi connectivity index (χ0) is 18.3. The molecule has 5 saturated carbocycles. The summed E-state index contributed by atoms with van der Waals surface area (Å²) in [7, 11) is 0. The van der Waals surface area contributed by atoms with Crippen LogP contribution in [0.15, 0.2) is 11.1 Å². The number of ether oxygens (including phenoxy) is 1. The summed E-state index contributed by atoms with van der Waals surface area (Å²) in [6.45, 7) is 4.99. The van der Waals surface area contributed by atoms with E-state index in [1.54, 1.807) is 11.1 Å². The first-order valence-corrected chi connectivity index (χ1v) is 11.3. The Balaban J connectivity index is 1.34. The van der Waals surface area contributed by atoms with Crippen LogP contribution in [0.1, 0.15) is 71.6 Å². The lowest BCUT2D eigenvalue weighted by molar-refractivity contribution is -0.176. The van der Waals surface area contributed by atoms with E-state index in [4.69, 9.17) is 4.74 Å². The SMILES string of the molecule is C[C@]12CCC(=O)CC1=C1C[C@@H]1C1C2CC[C@@]2(C)C1[C@@H]1C[C@@H]1[C@]21CCC(=O)O1. The molecule has 1 saturated heterocycles. The molecular formula is C24H30O3. The van der Waals surface area contributed by atoms with Gasteiger partial charge in [0.05, 0.1) is 0 Å². The van der Waals surface area contributed by atoms with Gasteiger partial charge in [-0.05, 0) is 73.5 Å². The van der Waals surface area contributed by atoms with Crippen molar-refractivity contribution in [2.75, 3.05) is 0 Å². The third-order valence-electron chi connectivity index (χ3n) is 10.8. The van der Waals surface area contributed by atoms with Crippen LogP contribution in [0, 0.1) is 46.3 Å². The summed E-state index contributed by atoms with van der Waals surface area (Å²) in [5.74, 6) is 5.00. The molecule has 1 spiro atoms. The standard InChI is InChI=1S/C24H30O3/c1-22-6-3-12(25)9-17(22)13-10-14(13)20-16(22)4-7-23(2)21(20)15-11-18(15)24(23)8-5-19(26)27-24/h14-16,18,20-21H,3-11H2,1-2H3/t14-,15+,16?,18-,20?,21?,22+,23-,24+/m0/s1. The molecule has 6 aliphatic carbocycles. The quantitative estimate of drug-likeness (QED) is 0.470. The highest BCUT2D eigenvalue weighted by Crippen LogP contribution is 2.81. The van der Waals surface area contributed by atoms with E-state index >= 15 is 0 Å². The molecule has 7 aliphatic rings. The molecule has 0 bridgehead atoms. The van der Waals surface area contributed by atoms with E-state index in [0.29, 0.717) is 18.1 Å². The molecule has 3 nitrogen and oxygen atoms in total. The number of carbonyl (C=O) groups excluding carboxylic acids is 2. The van der Waals surface area contributed by atoms with E-state index in [1.807, 2.05) is 0 Å². The fourth-order valence-electron chi connectivity index (χ4n) is 9.66. The van der Waals surface area contributed by atoms with Gasteiger partial charge in [0.15, 0.2) is 0 Å². The maximum Gasteiger partial charge on any atom is 0.306 e. The molecule has 0 N–H and O–H groups in total. The second kappa shape index (κ2) is 4.39. The Labute approximate surface area is 161 Å². The maximum absolute atomic E-state index is 12.2. The molecule has 0 amide bonds. The van der Waals surface area contributed by atoms with Gasteiger partial charge in [-0.3, -0.25) is 9.59 Å². The van der Waals surface area contributed by atoms with E-state index < -0.39 is 0 Å². The van der Waals surface area contributed by atoms with Crippen molar-refractivity contribution in [3.63, 3.8) is 0 Å². The predicted molar refractivity (Wildman–Crippen MR) is 99.6 cm³/mol. The summed E-state index contributed by atoms with van der Waals surface area (Å²) in [5.41, 5.74) is 3.58. The fourth-order valence-corrected chi connectivity index (χ4v) is 9.66. The molecule has 1 heterocycles. The Kier molecular flexibility index (Phi) is 2.56. The minimum absolute atomic E-state index is 0.0559.